The smallest absolute Gasteiger partial charge is 0.333 e. The van der Waals surface area contributed by atoms with E-state index >= 15 is 0 Å². The molecule has 0 aliphatic rings. The van der Waals surface area contributed by atoms with Gasteiger partial charge in [-0.1, -0.05) is 26.7 Å². The van der Waals surface area contributed by atoms with E-state index in [-0.39, 0.29) is 0 Å². The highest BCUT2D eigenvalue weighted by atomic mass is 16.4. The Morgan fingerprint density at radius 2 is 1.50 bits per heavy atom. The molecule has 0 aromatic carbocycles. The summed E-state index contributed by atoms with van der Waals surface area (Å²) in [5.74, 6) is -0.810. The minimum Gasteiger partial charge on any atom is -0.478 e. The third-order valence-electron chi connectivity index (χ3n) is 2.90. The van der Waals surface area contributed by atoms with Crippen molar-refractivity contribution < 1.29 is 9.90 Å². The topological polar surface area (TPSA) is 40.5 Å². The molecule has 0 aliphatic heterocycles. The van der Waals surface area contributed by atoms with Crippen molar-refractivity contribution in [3.8, 4) is 0 Å². The van der Waals surface area contributed by atoms with Gasteiger partial charge in [-0.2, -0.15) is 0 Å². The second kappa shape index (κ2) is 8.20. The summed E-state index contributed by atoms with van der Waals surface area (Å²) >= 11 is 0. The number of aliphatic carboxylic acids is 1. The van der Waals surface area contributed by atoms with Crippen LogP contribution in [0, 0.1) is 0 Å². The lowest BCUT2D eigenvalue weighted by Gasteiger charge is -2.26. The number of hydrogen-bond donors (Lipinski definition) is 1. The second-order valence-electron chi connectivity index (χ2n) is 4.21. The Morgan fingerprint density at radius 3 is 1.81 bits per heavy atom. The third-order valence-corrected chi connectivity index (χ3v) is 2.90. The number of unbranched alkanes of at least 4 members (excludes halogenated alkanes) is 2. The van der Waals surface area contributed by atoms with Crippen LogP contribution in [-0.2, 0) is 4.79 Å². The summed E-state index contributed by atoms with van der Waals surface area (Å²) in [6.07, 6.45) is 4.52. The van der Waals surface area contributed by atoms with E-state index in [4.69, 9.17) is 5.11 Å². The van der Waals surface area contributed by atoms with E-state index < -0.39 is 5.97 Å². The number of nitrogens with zero attached hydrogens (tertiary/aromatic N) is 1. The molecular weight excluding hydrogens is 202 g/mol. The minimum absolute atomic E-state index is 0.465. The quantitative estimate of drug-likeness (QED) is 0.647. The first-order valence-electron chi connectivity index (χ1n) is 6.20. The van der Waals surface area contributed by atoms with Gasteiger partial charge in [-0.25, -0.2) is 4.79 Å². The zero-order valence-corrected chi connectivity index (χ0v) is 11.0. The molecule has 0 rings (SSSR count). The summed E-state index contributed by atoms with van der Waals surface area (Å²) in [5, 5.41) is 8.97. The van der Waals surface area contributed by atoms with Gasteiger partial charge in [0, 0.05) is 18.8 Å². The predicted octanol–water partition coefficient (Wildman–Crippen LogP) is 3.27. The summed E-state index contributed by atoms with van der Waals surface area (Å²) in [4.78, 5) is 13.1. The van der Waals surface area contributed by atoms with Crippen molar-refractivity contribution in [1.82, 2.24) is 4.90 Å². The lowest BCUT2D eigenvalue weighted by molar-refractivity contribution is -0.132. The van der Waals surface area contributed by atoms with Gasteiger partial charge in [0.05, 0.1) is 5.57 Å². The molecule has 0 radical (unpaired) electrons. The monoisotopic (exact) mass is 227 g/mol. The highest BCUT2D eigenvalue weighted by Crippen LogP contribution is 2.12. The summed E-state index contributed by atoms with van der Waals surface area (Å²) < 4.78 is 0. The molecule has 0 spiro atoms. The maximum atomic E-state index is 10.9. The van der Waals surface area contributed by atoms with Gasteiger partial charge in [0.2, 0.25) is 0 Å². The van der Waals surface area contributed by atoms with Gasteiger partial charge >= 0.3 is 5.97 Å². The third kappa shape index (κ3) is 5.19. The standard InChI is InChI=1S/C13H25NO2/c1-5-7-9-14(10-8-6-2)12(4)11(3)13(15)16/h5-10H2,1-4H3,(H,15,16)/b12-11+. The SMILES string of the molecule is CCCCN(CCCC)/C(C)=C(\C)C(=O)O. The van der Waals surface area contributed by atoms with Crippen LogP contribution in [0.3, 0.4) is 0 Å². The first-order chi connectivity index (χ1) is 7.54. The number of allylic oxidation sites excluding steroid dienone is 1. The Hall–Kier alpha value is -0.990. The Balaban J connectivity index is 4.59. The average molecular weight is 227 g/mol. The summed E-state index contributed by atoms with van der Waals surface area (Å²) in [6.45, 7) is 9.83. The van der Waals surface area contributed by atoms with Crippen LogP contribution < -0.4 is 0 Å². The zero-order chi connectivity index (χ0) is 12.6. The number of carbonyl (C=O) groups is 1. The van der Waals surface area contributed by atoms with E-state index in [2.05, 4.69) is 18.7 Å². The molecule has 3 nitrogen and oxygen atoms in total. The van der Waals surface area contributed by atoms with Crippen LogP contribution in [0.15, 0.2) is 11.3 Å². The molecule has 0 aliphatic carbocycles. The van der Waals surface area contributed by atoms with Gasteiger partial charge in [0.25, 0.3) is 0 Å². The fourth-order valence-corrected chi connectivity index (χ4v) is 1.54. The first-order valence-corrected chi connectivity index (χ1v) is 6.20. The normalized spacial score (nSPS) is 12.2. The Labute approximate surface area is 99.1 Å². The van der Waals surface area contributed by atoms with Gasteiger partial charge in [-0.3, -0.25) is 0 Å². The summed E-state index contributed by atoms with van der Waals surface area (Å²) in [7, 11) is 0. The molecule has 0 fully saturated rings. The average Bonchev–Trinajstić information content (AvgIpc) is 2.27. The Bertz CT molecular complexity index is 238. The number of rotatable bonds is 8. The van der Waals surface area contributed by atoms with Crippen molar-refractivity contribution in [3.05, 3.63) is 11.3 Å². The van der Waals surface area contributed by atoms with Gasteiger partial charge in [0.1, 0.15) is 0 Å². The van der Waals surface area contributed by atoms with E-state index in [0.29, 0.717) is 5.57 Å². The molecule has 1 N–H and O–H groups in total. The molecule has 0 atom stereocenters. The molecule has 0 unspecified atom stereocenters. The molecule has 0 saturated carbocycles. The molecule has 0 amide bonds. The van der Waals surface area contributed by atoms with Crippen LogP contribution in [0.5, 0.6) is 0 Å². The van der Waals surface area contributed by atoms with Crippen LogP contribution in [0.2, 0.25) is 0 Å². The van der Waals surface area contributed by atoms with E-state index in [1.165, 1.54) is 0 Å². The molecule has 0 saturated heterocycles. The maximum Gasteiger partial charge on any atom is 0.333 e. The fraction of sp³-hybridized carbons (Fsp3) is 0.769. The van der Waals surface area contributed by atoms with Crippen LogP contribution in [0.25, 0.3) is 0 Å². The Kier molecular flexibility index (Phi) is 7.69. The number of carboxylic acids is 1. The molecular formula is C13H25NO2. The van der Waals surface area contributed by atoms with Gasteiger partial charge < -0.3 is 10.0 Å². The van der Waals surface area contributed by atoms with Crippen molar-refractivity contribution in [2.75, 3.05) is 13.1 Å². The highest BCUT2D eigenvalue weighted by Gasteiger charge is 2.11. The van der Waals surface area contributed by atoms with Crippen molar-refractivity contribution in [2.24, 2.45) is 0 Å². The van der Waals surface area contributed by atoms with Crippen LogP contribution in [0.1, 0.15) is 53.4 Å². The van der Waals surface area contributed by atoms with Crippen LogP contribution in [0.4, 0.5) is 0 Å². The fourth-order valence-electron chi connectivity index (χ4n) is 1.54. The molecule has 0 heterocycles. The lowest BCUT2D eigenvalue weighted by atomic mass is 10.2. The molecule has 94 valence electrons. The molecule has 0 bridgehead atoms. The first kappa shape index (κ1) is 15.0. The van der Waals surface area contributed by atoms with E-state index in [9.17, 15) is 4.79 Å². The van der Waals surface area contributed by atoms with E-state index in [1.54, 1.807) is 6.92 Å². The van der Waals surface area contributed by atoms with Crippen molar-refractivity contribution >= 4 is 5.97 Å². The number of hydrogen-bond acceptors (Lipinski definition) is 2. The molecule has 0 aromatic rings. The maximum absolute atomic E-state index is 10.9. The van der Waals surface area contributed by atoms with Gasteiger partial charge in [-0.05, 0) is 26.7 Å². The second-order valence-corrected chi connectivity index (χ2v) is 4.21. The highest BCUT2D eigenvalue weighted by molar-refractivity contribution is 5.86. The summed E-state index contributed by atoms with van der Waals surface area (Å²) in [5.41, 5.74) is 1.38. The zero-order valence-electron chi connectivity index (χ0n) is 11.0. The minimum atomic E-state index is -0.810. The molecule has 16 heavy (non-hydrogen) atoms. The predicted molar refractivity (Wildman–Crippen MR) is 67.4 cm³/mol. The summed E-state index contributed by atoms with van der Waals surface area (Å²) in [6, 6.07) is 0. The Morgan fingerprint density at radius 1 is 1.06 bits per heavy atom. The van der Waals surface area contributed by atoms with Gasteiger partial charge in [-0.15, -0.1) is 0 Å². The van der Waals surface area contributed by atoms with Crippen molar-refractivity contribution in [1.29, 1.82) is 0 Å². The van der Waals surface area contributed by atoms with E-state index in [0.717, 1.165) is 44.5 Å². The van der Waals surface area contributed by atoms with E-state index in [1.807, 2.05) is 6.92 Å². The van der Waals surface area contributed by atoms with Crippen LogP contribution >= 0.6 is 0 Å². The number of carboxylic acid groups (broad SMARTS) is 1. The molecule has 0 aromatic heterocycles. The molecule has 3 heteroatoms. The van der Waals surface area contributed by atoms with Gasteiger partial charge in [0.15, 0.2) is 0 Å². The lowest BCUT2D eigenvalue weighted by Crippen LogP contribution is -2.26. The largest absolute Gasteiger partial charge is 0.478 e. The van der Waals surface area contributed by atoms with Crippen molar-refractivity contribution in [2.45, 2.75) is 53.4 Å². The van der Waals surface area contributed by atoms with Crippen LogP contribution in [-0.4, -0.2) is 29.1 Å². The van der Waals surface area contributed by atoms with Crippen molar-refractivity contribution in [3.63, 3.8) is 0 Å².